The van der Waals surface area contributed by atoms with Gasteiger partial charge in [-0.05, 0) is 275 Å². The van der Waals surface area contributed by atoms with E-state index in [-0.39, 0.29) is 9.79 Å². The SMILES string of the molecule is O=P(c1ccccc1)(c1ccccc1)c1ccc2c(c1)c1cc(-c3cc4ccccc4c4c3oc3cc5ccccc5cc34)ccc1n2-c1ccccc1.O=S(=O)(c1ccccc1)c1ccc2c(c1)c1cc(-c3cc4ccccc4c4c3oc3cc5ccccc5cc34)ccc1n2-c1ccccc1.[C-]#[N+]c1ccc2c(c1)c1cc(-c3cc4ccccc4c4c3oc3cc5ccccc5cc34)ccc1n2-c1ccccc1. The molecule has 0 saturated heterocycles. The number of benzene rings is 24. The van der Waals surface area contributed by atoms with Crippen molar-refractivity contribution in [1.29, 1.82) is 0 Å². The molecule has 0 aliphatic rings. The van der Waals surface area contributed by atoms with Crippen LogP contribution in [0, 0.1) is 6.57 Å². The maximum atomic E-state index is 15.6. The summed E-state index contributed by atoms with van der Waals surface area (Å²) in [5.74, 6) is 0. The summed E-state index contributed by atoms with van der Waals surface area (Å²) in [6.45, 7) is 7.65. The van der Waals surface area contributed by atoms with E-state index >= 15 is 4.57 Å². The van der Waals surface area contributed by atoms with Gasteiger partial charge in [0.1, 0.15) is 33.5 Å². The predicted octanol–water partition coefficient (Wildman–Crippen LogP) is 35.0. The van der Waals surface area contributed by atoms with Gasteiger partial charge in [0.25, 0.3) is 0 Å². The van der Waals surface area contributed by atoms with Gasteiger partial charge in [-0.1, -0.05) is 303 Å². The van der Waals surface area contributed by atoms with E-state index in [9.17, 15) is 8.42 Å². The summed E-state index contributed by atoms with van der Waals surface area (Å²) in [7, 11) is -6.94. The van der Waals surface area contributed by atoms with Crippen molar-refractivity contribution in [3.8, 4) is 50.4 Å². The lowest BCUT2D eigenvalue weighted by Gasteiger charge is -2.20. The highest BCUT2D eigenvalue weighted by atomic mass is 32.2. The molecule has 24 aromatic carbocycles. The average molecular weight is 1890 g/mol. The molecule has 0 radical (unpaired) electrons. The molecule has 12 heteroatoms. The van der Waals surface area contributed by atoms with Crippen LogP contribution in [-0.4, -0.2) is 22.1 Å². The topological polar surface area (TPSA) is 110 Å². The molecule has 0 bridgehead atoms. The van der Waals surface area contributed by atoms with Crippen LogP contribution in [0.25, 0.3) is 251 Å². The van der Waals surface area contributed by atoms with E-state index in [0.717, 1.165) is 225 Å². The van der Waals surface area contributed by atoms with Gasteiger partial charge in [0.05, 0.1) is 49.5 Å². The number of rotatable bonds is 11. The van der Waals surface area contributed by atoms with Crippen LogP contribution in [0.4, 0.5) is 5.69 Å². The number of furan rings is 3. The van der Waals surface area contributed by atoms with Crippen LogP contribution >= 0.6 is 7.14 Å². The minimum Gasteiger partial charge on any atom is -0.455 e. The fourth-order valence-corrected chi connectivity index (χ4v) is 26.5. The monoisotopic (exact) mass is 1890 g/mol. The summed E-state index contributed by atoms with van der Waals surface area (Å²) in [6.07, 6.45) is 0. The van der Waals surface area contributed by atoms with Crippen molar-refractivity contribution >= 4 is 234 Å². The molecule has 680 valence electrons. The second-order valence-corrected chi connectivity index (χ2v) is 42.2. The van der Waals surface area contributed by atoms with Crippen LogP contribution in [-0.2, 0) is 14.4 Å². The van der Waals surface area contributed by atoms with Gasteiger partial charge in [-0.25, -0.2) is 13.3 Å². The van der Waals surface area contributed by atoms with E-state index < -0.39 is 17.0 Å². The molecule has 0 aliphatic heterocycles. The first kappa shape index (κ1) is 84.4. The Labute approximate surface area is 831 Å². The van der Waals surface area contributed by atoms with Gasteiger partial charge in [-0.15, -0.1) is 0 Å². The summed E-state index contributed by atoms with van der Waals surface area (Å²) in [4.78, 5) is 4.28. The quantitative estimate of drug-likeness (QED) is 0.0942. The molecule has 0 amide bonds. The normalized spacial score (nSPS) is 12.1. The first-order valence-corrected chi connectivity index (χ1v) is 51.8. The summed E-state index contributed by atoms with van der Waals surface area (Å²) in [5, 5.41) is 29.3. The molecule has 30 rings (SSSR count). The Morgan fingerprint density at radius 2 is 0.503 bits per heavy atom. The zero-order valence-electron chi connectivity index (χ0n) is 77.9. The predicted molar refractivity (Wildman–Crippen MR) is 603 cm³/mol. The Kier molecular flexibility index (Phi) is 19.5. The number of nitrogens with zero attached hydrogens (tertiary/aromatic N) is 4. The second-order valence-electron chi connectivity index (χ2n) is 37.4. The van der Waals surface area contributed by atoms with Crippen molar-refractivity contribution in [3.05, 3.63) is 503 Å². The van der Waals surface area contributed by atoms with E-state index in [1.165, 1.54) is 37.7 Å². The molecule has 6 heterocycles. The van der Waals surface area contributed by atoms with Gasteiger partial charge < -0.3 is 31.5 Å². The van der Waals surface area contributed by atoms with Crippen molar-refractivity contribution in [1.82, 2.24) is 13.7 Å². The fourth-order valence-electron chi connectivity index (χ4n) is 22.6. The summed E-state index contributed by atoms with van der Waals surface area (Å²) in [6, 6.07) is 168. The molecule has 0 aliphatic carbocycles. The molecular formula is C133H81N4O6PS. The minimum absolute atomic E-state index is 0.265. The number of sulfone groups is 1. The van der Waals surface area contributed by atoms with Crippen LogP contribution in [0.1, 0.15) is 0 Å². The molecule has 0 atom stereocenters. The molecule has 0 saturated carbocycles. The maximum absolute atomic E-state index is 15.6. The van der Waals surface area contributed by atoms with Gasteiger partial charge in [-0.2, -0.15) is 0 Å². The highest BCUT2D eigenvalue weighted by molar-refractivity contribution is 7.91. The Morgan fingerprint density at radius 3 is 0.862 bits per heavy atom. The zero-order chi connectivity index (χ0) is 96.3. The smallest absolute Gasteiger partial charge is 0.206 e. The number of para-hydroxylation sites is 3. The third-order valence-electron chi connectivity index (χ3n) is 29.3. The Hall–Kier alpha value is -18.7. The standard InChI is InChI=1S/C50H32NO2P.C44H27NO3S.C39H22N2O/c52-54(38-19-6-2-7-20-38,39-21-8-3-9-22-39)40-25-27-47-44(32-40)43-30-36(24-26-46(43)51(47)37-17-4-1-5-18-37)42-29-35-16-12-13-23-41(35)49-45-28-33-14-10-11-15-34(33)31-48(45)53-50(42)49;46-49(47,33-16-5-2-6-17-33)34-20-22-41-38(27-34)37-25-31(19-21-40(37)45(41)32-14-3-1-4-15-32)36-24-30-13-9-10-18-35(30)43-39-23-28-11-7-8-12-29(28)26-42(39)48-44(36)43;1-40-28-16-18-36-33(23-28)32-21-27(15-17-35(32)41(36)29-12-3-2-4-13-29)31-20-26-11-7-8-14-30(26)38-34-19-24-9-5-6-10-25(24)22-37(34)42-39(31)38/h1-32H;1-27H;2-23H. The third kappa shape index (κ3) is 13.7. The third-order valence-corrected chi connectivity index (χ3v) is 34.1. The lowest BCUT2D eigenvalue weighted by atomic mass is 9.95. The first-order chi connectivity index (χ1) is 71.5. The molecule has 0 spiro atoms. The van der Waals surface area contributed by atoms with Crippen LogP contribution in [0.3, 0.4) is 0 Å². The fraction of sp³-hybridized carbons (Fsp3) is 0. The van der Waals surface area contributed by atoms with Crippen LogP contribution in [0.2, 0.25) is 0 Å². The largest absolute Gasteiger partial charge is 0.455 e. The number of hydrogen-bond acceptors (Lipinski definition) is 6. The van der Waals surface area contributed by atoms with Crippen molar-refractivity contribution in [2.75, 3.05) is 0 Å². The first-order valence-electron chi connectivity index (χ1n) is 48.6. The lowest BCUT2D eigenvalue weighted by Crippen LogP contribution is -2.24. The summed E-state index contributed by atoms with van der Waals surface area (Å²) in [5.41, 5.74) is 21.5. The molecular weight excluding hydrogens is 1810 g/mol. The molecule has 30 aromatic rings. The van der Waals surface area contributed by atoms with Crippen LogP contribution < -0.4 is 15.9 Å². The summed E-state index contributed by atoms with van der Waals surface area (Å²) >= 11 is 0. The van der Waals surface area contributed by atoms with Gasteiger partial charge in [0.2, 0.25) is 9.84 Å². The van der Waals surface area contributed by atoms with Gasteiger partial charge in [-0.3, -0.25) is 0 Å². The molecule has 6 aromatic heterocycles. The van der Waals surface area contributed by atoms with Crippen molar-refractivity contribution in [3.63, 3.8) is 0 Å². The van der Waals surface area contributed by atoms with Crippen molar-refractivity contribution in [2.24, 2.45) is 0 Å². The van der Waals surface area contributed by atoms with Gasteiger partial charge >= 0.3 is 0 Å². The van der Waals surface area contributed by atoms with Gasteiger partial charge in [0.15, 0.2) is 12.8 Å². The minimum atomic E-state index is -3.73. The Bertz CT molecular complexity index is 10800. The van der Waals surface area contributed by atoms with Crippen LogP contribution in [0.5, 0.6) is 0 Å². The van der Waals surface area contributed by atoms with E-state index in [1.807, 2.05) is 121 Å². The number of hydrogen-bond donors (Lipinski definition) is 0. The van der Waals surface area contributed by atoms with E-state index in [2.05, 4.69) is 358 Å². The molecule has 0 unspecified atom stereocenters. The van der Waals surface area contributed by atoms with E-state index in [4.69, 9.17) is 19.8 Å². The van der Waals surface area contributed by atoms with Crippen LogP contribution in [0.15, 0.2) is 514 Å². The summed E-state index contributed by atoms with van der Waals surface area (Å²) < 4.78 is 70.3. The molecule has 10 nitrogen and oxygen atoms in total. The molecule has 0 fully saturated rings. The van der Waals surface area contributed by atoms with Crippen molar-refractivity contribution in [2.45, 2.75) is 9.79 Å². The Balaban J connectivity index is 0.000000106. The maximum Gasteiger partial charge on any atom is 0.206 e. The van der Waals surface area contributed by atoms with E-state index in [1.54, 1.807) is 30.3 Å². The highest BCUT2D eigenvalue weighted by Crippen LogP contribution is 2.51. The van der Waals surface area contributed by atoms with Crippen molar-refractivity contribution < 1.29 is 26.2 Å². The second kappa shape index (κ2) is 33.5. The molecule has 145 heavy (non-hydrogen) atoms. The van der Waals surface area contributed by atoms with Gasteiger partial charge in [0, 0.05) is 109 Å². The number of aromatic nitrogens is 3. The highest BCUT2D eigenvalue weighted by Gasteiger charge is 2.33. The van der Waals surface area contributed by atoms with E-state index in [0.29, 0.717) is 5.69 Å². The lowest BCUT2D eigenvalue weighted by molar-refractivity contribution is 0.592. The number of fused-ring (bicyclic) bond motifs is 27. The average Bonchev–Trinajstić information content (AvgIpc) is 1.56. The molecule has 0 N–H and O–H groups in total. The zero-order valence-corrected chi connectivity index (χ0v) is 79.6. The Morgan fingerprint density at radius 1 is 0.221 bits per heavy atom.